The Kier molecular flexibility index (Phi) is 4.54. The number of rotatable bonds is 5. The summed E-state index contributed by atoms with van der Waals surface area (Å²) in [5.74, 6) is 0. The summed E-state index contributed by atoms with van der Waals surface area (Å²) in [6.45, 7) is 7.58. The van der Waals surface area contributed by atoms with Crippen LogP contribution in [-0.4, -0.2) is 19.8 Å². The molecule has 0 aromatic heterocycles. The SMILES string of the molecule is CCC(COC)NC1c2cc(Cl)ccc2CC1(C)C. The summed E-state index contributed by atoms with van der Waals surface area (Å²) in [6, 6.07) is 7.01. The van der Waals surface area contributed by atoms with Crippen LogP contribution in [0.25, 0.3) is 0 Å². The molecule has 0 saturated heterocycles. The van der Waals surface area contributed by atoms with Crippen LogP contribution in [0.3, 0.4) is 0 Å². The third-order valence-electron chi connectivity index (χ3n) is 4.11. The summed E-state index contributed by atoms with van der Waals surface area (Å²) in [7, 11) is 1.76. The average molecular weight is 282 g/mol. The van der Waals surface area contributed by atoms with Crippen LogP contribution in [0.2, 0.25) is 5.02 Å². The molecule has 2 rings (SSSR count). The quantitative estimate of drug-likeness (QED) is 0.881. The van der Waals surface area contributed by atoms with E-state index in [0.717, 1.165) is 24.5 Å². The van der Waals surface area contributed by atoms with Crippen molar-refractivity contribution in [3.8, 4) is 0 Å². The average Bonchev–Trinajstić information content (AvgIpc) is 2.60. The lowest BCUT2D eigenvalue weighted by molar-refractivity contribution is 0.142. The van der Waals surface area contributed by atoms with Gasteiger partial charge in [-0.2, -0.15) is 0 Å². The number of methoxy groups -OCH3 is 1. The van der Waals surface area contributed by atoms with Gasteiger partial charge in [0.1, 0.15) is 0 Å². The zero-order valence-corrected chi connectivity index (χ0v) is 13.1. The van der Waals surface area contributed by atoms with Crippen molar-refractivity contribution in [1.29, 1.82) is 0 Å². The van der Waals surface area contributed by atoms with Crippen molar-refractivity contribution >= 4 is 11.6 Å². The third-order valence-corrected chi connectivity index (χ3v) is 4.34. The molecule has 3 heteroatoms. The highest BCUT2D eigenvalue weighted by molar-refractivity contribution is 6.30. The number of benzene rings is 1. The summed E-state index contributed by atoms with van der Waals surface area (Å²) in [5.41, 5.74) is 2.99. The van der Waals surface area contributed by atoms with E-state index in [1.165, 1.54) is 11.1 Å². The van der Waals surface area contributed by atoms with Gasteiger partial charge < -0.3 is 10.1 Å². The molecule has 1 aliphatic carbocycles. The summed E-state index contributed by atoms with van der Waals surface area (Å²) in [6.07, 6.45) is 2.16. The first-order chi connectivity index (χ1) is 8.97. The first-order valence-corrected chi connectivity index (χ1v) is 7.39. The Hall–Kier alpha value is -0.570. The van der Waals surface area contributed by atoms with Gasteiger partial charge >= 0.3 is 0 Å². The molecule has 1 N–H and O–H groups in total. The van der Waals surface area contributed by atoms with Crippen molar-refractivity contribution in [2.45, 2.75) is 45.7 Å². The highest BCUT2D eigenvalue weighted by Gasteiger charge is 2.39. The normalized spacial score (nSPS) is 22.3. The van der Waals surface area contributed by atoms with Crippen LogP contribution in [-0.2, 0) is 11.2 Å². The van der Waals surface area contributed by atoms with Gasteiger partial charge in [0.25, 0.3) is 0 Å². The monoisotopic (exact) mass is 281 g/mol. The first kappa shape index (κ1) is 14.8. The van der Waals surface area contributed by atoms with Crippen molar-refractivity contribution in [2.24, 2.45) is 5.41 Å². The number of ether oxygens (including phenoxy) is 1. The van der Waals surface area contributed by atoms with Crippen LogP contribution < -0.4 is 5.32 Å². The summed E-state index contributed by atoms with van der Waals surface area (Å²) < 4.78 is 5.30. The molecule has 1 aromatic rings. The Bertz CT molecular complexity index is 444. The molecule has 0 amide bonds. The van der Waals surface area contributed by atoms with Gasteiger partial charge in [-0.05, 0) is 41.5 Å². The molecular formula is C16H24ClNO. The summed E-state index contributed by atoms with van der Waals surface area (Å²) >= 11 is 6.16. The molecule has 1 aliphatic rings. The van der Waals surface area contributed by atoms with Gasteiger partial charge in [0.15, 0.2) is 0 Å². The molecule has 0 fully saturated rings. The second-order valence-corrected chi connectivity index (χ2v) is 6.61. The Labute approximate surface area is 121 Å². The topological polar surface area (TPSA) is 21.3 Å². The highest BCUT2D eigenvalue weighted by Crippen LogP contribution is 2.46. The van der Waals surface area contributed by atoms with E-state index in [4.69, 9.17) is 16.3 Å². The maximum absolute atomic E-state index is 6.16. The molecule has 2 atom stereocenters. The van der Waals surface area contributed by atoms with Gasteiger partial charge in [-0.1, -0.05) is 38.4 Å². The minimum Gasteiger partial charge on any atom is -0.383 e. The number of nitrogens with one attached hydrogen (secondary N) is 1. The molecular weight excluding hydrogens is 258 g/mol. The van der Waals surface area contributed by atoms with E-state index >= 15 is 0 Å². The molecule has 0 aliphatic heterocycles. The van der Waals surface area contributed by atoms with Crippen LogP contribution in [0.5, 0.6) is 0 Å². The van der Waals surface area contributed by atoms with Crippen LogP contribution in [0.15, 0.2) is 18.2 Å². The van der Waals surface area contributed by atoms with Gasteiger partial charge in [0.05, 0.1) is 6.61 Å². The van der Waals surface area contributed by atoms with E-state index in [-0.39, 0.29) is 5.41 Å². The predicted octanol–water partition coefficient (Wildman–Crippen LogP) is 3.98. The van der Waals surface area contributed by atoms with E-state index in [2.05, 4.69) is 38.2 Å². The molecule has 106 valence electrons. The second-order valence-electron chi connectivity index (χ2n) is 6.17. The molecule has 0 bridgehead atoms. The van der Waals surface area contributed by atoms with E-state index in [1.807, 2.05) is 6.07 Å². The Morgan fingerprint density at radius 2 is 2.21 bits per heavy atom. The molecule has 2 unspecified atom stereocenters. The van der Waals surface area contributed by atoms with Crippen LogP contribution in [0, 0.1) is 5.41 Å². The molecule has 1 aromatic carbocycles. The fourth-order valence-corrected chi connectivity index (χ4v) is 3.23. The van der Waals surface area contributed by atoms with E-state index in [0.29, 0.717) is 12.1 Å². The van der Waals surface area contributed by atoms with Gasteiger partial charge in [-0.15, -0.1) is 0 Å². The smallest absolute Gasteiger partial charge is 0.0615 e. The summed E-state index contributed by atoms with van der Waals surface area (Å²) in [5, 5.41) is 4.58. The third kappa shape index (κ3) is 3.13. The fraction of sp³-hybridized carbons (Fsp3) is 0.625. The van der Waals surface area contributed by atoms with Crippen LogP contribution in [0.4, 0.5) is 0 Å². The minimum atomic E-state index is 0.216. The second kappa shape index (κ2) is 5.82. The largest absolute Gasteiger partial charge is 0.383 e. The van der Waals surface area contributed by atoms with Gasteiger partial charge in [0.2, 0.25) is 0 Å². The van der Waals surface area contributed by atoms with E-state index in [9.17, 15) is 0 Å². The lowest BCUT2D eigenvalue weighted by Crippen LogP contribution is -2.40. The van der Waals surface area contributed by atoms with Gasteiger partial charge in [0, 0.05) is 24.2 Å². The molecule has 0 spiro atoms. The zero-order chi connectivity index (χ0) is 14.0. The Morgan fingerprint density at radius 1 is 1.47 bits per heavy atom. The number of halogens is 1. The standard InChI is InChI=1S/C16H24ClNO/c1-5-13(10-19-4)18-15-14-8-12(17)7-6-11(14)9-16(15,2)3/h6-8,13,15,18H,5,9-10H2,1-4H3. The van der Waals surface area contributed by atoms with E-state index in [1.54, 1.807) is 7.11 Å². The van der Waals surface area contributed by atoms with Crippen molar-refractivity contribution in [1.82, 2.24) is 5.32 Å². The summed E-state index contributed by atoms with van der Waals surface area (Å²) in [4.78, 5) is 0. The highest BCUT2D eigenvalue weighted by atomic mass is 35.5. The predicted molar refractivity (Wildman–Crippen MR) is 80.8 cm³/mol. The number of hydrogen-bond donors (Lipinski definition) is 1. The Morgan fingerprint density at radius 3 is 2.84 bits per heavy atom. The van der Waals surface area contributed by atoms with Crippen molar-refractivity contribution < 1.29 is 4.74 Å². The molecule has 2 nitrogen and oxygen atoms in total. The molecule has 0 heterocycles. The van der Waals surface area contributed by atoms with Gasteiger partial charge in [-0.3, -0.25) is 0 Å². The van der Waals surface area contributed by atoms with Crippen LogP contribution >= 0.6 is 11.6 Å². The molecule has 0 saturated carbocycles. The fourth-order valence-electron chi connectivity index (χ4n) is 3.05. The number of fused-ring (bicyclic) bond motifs is 1. The first-order valence-electron chi connectivity index (χ1n) is 7.01. The van der Waals surface area contributed by atoms with Crippen molar-refractivity contribution in [3.63, 3.8) is 0 Å². The maximum Gasteiger partial charge on any atom is 0.0615 e. The molecule has 19 heavy (non-hydrogen) atoms. The van der Waals surface area contributed by atoms with Crippen LogP contribution in [0.1, 0.15) is 44.4 Å². The van der Waals surface area contributed by atoms with Crippen molar-refractivity contribution in [3.05, 3.63) is 34.3 Å². The zero-order valence-electron chi connectivity index (χ0n) is 12.3. The lowest BCUT2D eigenvalue weighted by Gasteiger charge is -2.32. The van der Waals surface area contributed by atoms with Gasteiger partial charge in [-0.25, -0.2) is 0 Å². The molecule has 0 radical (unpaired) electrons. The maximum atomic E-state index is 6.16. The number of hydrogen-bond acceptors (Lipinski definition) is 2. The van der Waals surface area contributed by atoms with Crippen molar-refractivity contribution in [2.75, 3.05) is 13.7 Å². The minimum absolute atomic E-state index is 0.216. The lowest BCUT2D eigenvalue weighted by atomic mass is 9.85. The van der Waals surface area contributed by atoms with E-state index < -0.39 is 0 Å². The Balaban J connectivity index is 2.25.